The van der Waals surface area contributed by atoms with Crippen molar-refractivity contribution in [3.8, 4) is 0 Å². The number of carbonyl (C=O) groups is 8. The number of hydroxylamine groups is 7. The van der Waals surface area contributed by atoms with Crippen LogP contribution in [0, 0.1) is 35.5 Å². The number of rotatable bonds is 24. The monoisotopic (exact) mass is 1490 g/mol. The van der Waals surface area contributed by atoms with Gasteiger partial charge in [-0.05, 0) is 116 Å². The largest absolute Gasteiger partial charge is 0.458 e. The van der Waals surface area contributed by atoms with Gasteiger partial charge in [0.2, 0.25) is 0 Å². The standard InChI is InChI=1S/C66H90N6O33/c1-60(2,3)99-53(80)39-32(44-59(92-39)105-65(12,13)97-44)24-85-70-49(76)37-30(42-57(90-37)103-63(8,9)95-42)22-83-68-47(74)35-28(40-55(88-35)101-61(4,5)93-40)20-81-67-46(73)34-29(41-54(87-34)100-62(6,7)94-41)21-82-69-48(75)36-31(43-56(89-36)102-64(10,11)96-43)23-84-71-50(77)38-33(45-58(91-38)104-66(14,15)98-45)25-86-72-51(78)26-18-16-17-19-27(26)52(72)79/h16-19,28-45,54-59H,20-25H2,1-15H3,(H,67,73)(H,68,74)(H,69,75)(H,70,76)(H,71,77)/t28-,29-,30-,31-,32-,33-,34+,35+,36+,37+,38+,39+,40-,41-,42-,43-,44-,45-,54-,55-,56-,57-,58-,59-/m1/s1. The third-order valence-corrected chi connectivity index (χ3v) is 19.4. The summed E-state index contributed by atoms with van der Waals surface area (Å²) in [5.41, 5.74) is 11.4. The number of nitrogens with zero attached hydrogens (tertiary/aromatic N) is 1. The summed E-state index contributed by atoms with van der Waals surface area (Å²) in [7, 11) is 0. The molecule has 105 heavy (non-hydrogen) atoms. The molecule has 7 amide bonds. The zero-order chi connectivity index (χ0) is 75.0. The van der Waals surface area contributed by atoms with E-state index in [2.05, 4.69) is 27.4 Å². The Bertz CT molecular complexity index is 3480. The summed E-state index contributed by atoms with van der Waals surface area (Å²) in [6.45, 7) is 22.8. The highest BCUT2D eigenvalue weighted by Crippen LogP contribution is 2.48. The van der Waals surface area contributed by atoms with E-state index in [-0.39, 0.29) is 24.3 Å². The van der Waals surface area contributed by atoms with E-state index < -0.39 is 261 Å². The SMILES string of the molecule is CC(C)(C)OC(=O)[C@H]1O[C@@H]2OC(C)(C)O[C@@H]2[C@@H]1CONC(=O)[C@H]1O[C@@H]2OC(C)(C)O[C@@H]2[C@@H]1CONC(=O)[C@H]1O[C@@H]2OC(C)(C)O[C@@H]2[C@@H]1CONC(=O)[C@H]1O[C@@H]2OC(C)(C)O[C@@H]2[C@@H]1CONC(=O)[C@H]1O[C@@H]2OC(C)(C)O[C@@H]2[C@@H]1CONC(=O)[C@H]1O[C@@H]2OC(C)(C)O[C@@H]2[C@@H]1CON1C(=O)c2ccccc2C1=O. The second-order valence-electron chi connectivity index (χ2n) is 31.3. The van der Waals surface area contributed by atoms with Crippen LogP contribution in [0.25, 0.3) is 0 Å². The third kappa shape index (κ3) is 15.6. The molecule has 13 aliphatic heterocycles. The molecule has 5 N–H and O–H groups in total. The summed E-state index contributed by atoms with van der Waals surface area (Å²) in [6, 6.07) is 6.23. The number of benzene rings is 1. The molecule has 0 saturated carbocycles. The van der Waals surface area contributed by atoms with Crippen LogP contribution in [0.15, 0.2) is 24.3 Å². The predicted octanol–water partition coefficient (Wildman–Crippen LogP) is -0.250. The molecular weight excluding hydrogens is 1400 g/mol. The van der Waals surface area contributed by atoms with Crippen molar-refractivity contribution in [2.45, 2.75) is 255 Å². The topological polar surface area (TPSA) is 431 Å². The lowest BCUT2D eigenvalue weighted by atomic mass is 9.98. The molecule has 13 aliphatic rings. The molecule has 0 aromatic heterocycles. The Hall–Kier alpha value is -5.78. The molecule has 12 saturated heterocycles. The Kier molecular flexibility index (Phi) is 20.5. The Morgan fingerprint density at radius 1 is 0.352 bits per heavy atom. The fourth-order valence-electron chi connectivity index (χ4n) is 15.2. The summed E-state index contributed by atoms with van der Waals surface area (Å²) in [4.78, 5) is 145. The maximum Gasteiger partial charge on any atom is 0.336 e. The van der Waals surface area contributed by atoms with E-state index >= 15 is 0 Å². The molecule has 24 atom stereocenters. The average Bonchev–Trinajstić information content (AvgIpc) is 1.63. The molecule has 39 nitrogen and oxygen atoms in total. The minimum Gasteiger partial charge on any atom is -0.458 e. The smallest absolute Gasteiger partial charge is 0.336 e. The van der Waals surface area contributed by atoms with Crippen LogP contribution in [0.2, 0.25) is 0 Å². The quantitative estimate of drug-likeness (QED) is 0.0506. The maximum absolute atomic E-state index is 14.2. The van der Waals surface area contributed by atoms with Crippen molar-refractivity contribution in [2.75, 3.05) is 39.6 Å². The second-order valence-corrected chi connectivity index (χ2v) is 31.3. The molecule has 0 spiro atoms. The van der Waals surface area contributed by atoms with Crippen LogP contribution in [0.3, 0.4) is 0 Å². The number of carbonyl (C=O) groups excluding carboxylic acids is 8. The van der Waals surface area contributed by atoms with Crippen LogP contribution in [0.4, 0.5) is 0 Å². The summed E-state index contributed by atoms with van der Waals surface area (Å²) in [5, 5.41) is 0.624. The summed E-state index contributed by atoms with van der Waals surface area (Å²) in [6.07, 6.45) is -19.5. The minimum absolute atomic E-state index is 0.154. The van der Waals surface area contributed by atoms with Crippen molar-refractivity contribution in [3.63, 3.8) is 0 Å². The molecule has 1 aromatic rings. The average molecular weight is 1500 g/mol. The van der Waals surface area contributed by atoms with E-state index in [0.717, 1.165) is 0 Å². The first kappa shape index (κ1) is 76.0. The fraction of sp³-hybridized carbons (Fsp3) is 0.788. The number of amides is 7. The lowest BCUT2D eigenvalue weighted by Gasteiger charge is -2.28. The van der Waals surface area contributed by atoms with Crippen molar-refractivity contribution in [2.24, 2.45) is 35.5 Å². The summed E-state index contributed by atoms with van der Waals surface area (Å²) >= 11 is 0. The molecule has 0 bridgehead atoms. The van der Waals surface area contributed by atoms with Crippen LogP contribution in [-0.2, 0) is 148 Å². The van der Waals surface area contributed by atoms with E-state index in [0.29, 0.717) is 5.06 Å². The Balaban J connectivity index is 0.576. The first-order valence-electron chi connectivity index (χ1n) is 34.8. The molecule has 13 heterocycles. The summed E-state index contributed by atoms with van der Waals surface area (Å²) < 4.78 is 114. The van der Waals surface area contributed by atoms with Gasteiger partial charge < -0.3 is 90.0 Å². The Morgan fingerprint density at radius 3 is 0.810 bits per heavy atom. The van der Waals surface area contributed by atoms with Gasteiger partial charge in [0.25, 0.3) is 41.4 Å². The van der Waals surface area contributed by atoms with E-state index in [1.807, 2.05) is 0 Å². The van der Waals surface area contributed by atoms with Crippen molar-refractivity contribution >= 4 is 47.3 Å². The normalized spacial score (nSPS) is 39.9. The van der Waals surface area contributed by atoms with E-state index in [4.69, 9.17) is 119 Å². The lowest BCUT2D eigenvalue weighted by molar-refractivity contribution is -0.223. The van der Waals surface area contributed by atoms with Crippen LogP contribution in [-0.4, -0.2) is 243 Å². The van der Waals surface area contributed by atoms with Gasteiger partial charge in [0.15, 0.2) is 78.6 Å². The fourth-order valence-corrected chi connectivity index (χ4v) is 15.2. The highest BCUT2D eigenvalue weighted by atomic mass is 16.9. The first-order chi connectivity index (χ1) is 49.3. The number of imide groups is 1. The van der Waals surface area contributed by atoms with E-state index in [9.17, 15) is 38.4 Å². The van der Waals surface area contributed by atoms with Gasteiger partial charge in [0.1, 0.15) is 72.7 Å². The van der Waals surface area contributed by atoms with E-state index in [1.54, 1.807) is 116 Å². The van der Waals surface area contributed by atoms with Gasteiger partial charge in [-0.2, -0.15) is 0 Å². The number of esters is 1. The predicted molar refractivity (Wildman–Crippen MR) is 332 cm³/mol. The van der Waals surface area contributed by atoms with Gasteiger partial charge in [-0.15, -0.1) is 5.06 Å². The molecular formula is C66H90N6O33. The first-order valence-corrected chi connectivity index (χ1v) is 34.8. The van der Waals surface area contributed by atoms with Crippen LogP contribution < -0.4 is 27.4 Å². The minimum atomic E-state index is -1.40. The molecule has 0 radical (unpaired) electrons. The highest BCUT2D eigenvalue weighted by Gasteiger charge is 2.64. The Labute approximate surface area is 601 Å². The molecule has 1 aromatic carbocycles. The molecule has 39 heteroatoms. The highest BCUT2D eigenvalue weighted by molar-refractivity contribution is 6.20. The maximum atomic E-state index is 14.2. The number of fused-ring (bicyclic) bond motifs is 7. The van der Waals surface area contributed by atoms with Crippen LogP contribution in [0.1, 0.15) is 125 Å². The van der Waals surface area contributed by atoms with Crippen LogP contribution in [0.5, 0.6) is 0 Å². The summed E-state index contributed by atoms with van der Waals surface area (Å²) in [5.74, 6) is -18.5. The third-order valence-electron chi connectivity index (χ3n) is 19.4. The molecule has 12 fully saturated rings. The van der Waals surface area contributed by atoms with Crippen LogP contribution >= 0.6 is 0 Å². The van der Waals surface area contributed by atoms with Crippen molar-refractivity contribution in [3.05, 3.63) is 35.4 Å². The van der Waals surface area contributed by atoms with Gasteiger partial charge in [0, 0.05) is 0 Å². The zero-order valence-electron chi connectivity index (χ0n) is 60.3. The number of ether oxygens (including phenoxy) is 19. The zero-order valence-corrected chi connectivity index (χ0v) is 60.3. The Morgan fingerprint density at radius 2 is 0.571 bits per heavy atom. The lowest BCUT2D eigenvalue weighted by Crippen LogP contribution is -2.48. The molecule has 14 rings (SSSR count). The van der Waals surface area contributed by atoms with E-state index in [1.165, 1.54) is 12.1 Å². The second kappa shape index (κ2) is 28.3. The molecule has 0 unspecified atom stereocenters. The number of hydrogen-bond donors (Lipinski definition) is 5. The number of nitrogens with one attached hydrogen (secondary N) is 5. The van der Waals surface area contributed by atoms with Gasteiger partial charge in [-0.1, -0.05) is 12.1 Å². The molecule has 0 aliphatic carbocycles. The van der Waals surface area contributed by atoms with Crippen molar-refractivity contribution in [1.29, 1.82) is 0 Å². The number of hydrogen-bond acceptors (Lipinski definition) is 33. The van der Waals surface area contributed by atoms with Gasteiger partial charge in [-0.25, -0.2) is 32.2 Å². The molecule has 582 valence electrons. The van der Waals surface area contributed by atoms with Gasteiger partial charge in [0.05, 0.1) is 86.3 Å². The van der Waals surface area contributed by atoms with Gasteiger partial charge in [-0.3, -0.25) is 62.6 Å². The van der Waals surface area contributed by atoms with Crippen molar-refractivity contribution < 1.29 is 157 Å². The van der Waals surface area contributed by atoms with Crippen molar-refractivity contribution in [1.82, 2.24) is 32.5 Å². The van der Waals surface area contributed by atoms with Gasteiger partial charge >= 0.3 is 5.97 Å².